The Morgan fingerprint density at radius 1 is 1.24 bits per heavy atom. The zero-order valence-electron chi connectivity index (χ0n) is 19.6. The number of aromatic nitrogens is 3. The van der Waals surface area contributed by atoms with Crippen molar-refractivity contribution < 1.29 is 9.18 Å². The Morgan fingerprint density at radius 2 is 2.03 bits per heavy atom. The summed E-state index contributed by atoms with van der Waals surface area (Å²) in [7, 11) is 0. The van der Waals surface area contributed by atoms with Gasteiger partial charge in [-0.15, -0.1) is 0 Å². The second kappa shape index (κ2) is 8.51. The average Bonchev–Trinajstić information content (AvgIpc) is 3.39. The van der Waals surface area contributed by atoms with Crippen molar-refractivity contribution in [2.24, 2.45) is 10.9 Å². The van der Waals surface area contributed by atoms with Crippen molar-refractivity contribution in [3.05, 3.63) is 64.3 Å². The summed E-state index contributed by atoms with van der Waals surface area (Å²) >= 11 is 6.40. The standard InChI is InChI=1S/C25H26ClFN6O/c1-5-31-24(34)21-23(33-13-20(14(2)3)29-25(31)33)32(12-17-8-9-18(27)10-19(17)26)22(30-21)16-7-6-15(4)28-11-16/h6-11,14,20H,5,12-13H2,1-4H3/t20-/m0/s1. The Bertz CT molecular complexity index is 1300. The lowest BCUT2D eigenvalue weighted by Crippen LogP contribution is -2.50. The molecule has 2 aliphatic heterocycles. The van der Waals surface area contributed by atoms with Crippen molar-refractivity contribution in [1.82, 2.24) is 19.4 Å². The van der Waals surface area contributed by atoms with Gasteiger partial charge >= 0.3 is 0 Å². The third kappa shape index (κ3) is 3.66. The highest BCUT2D eigenvalue weighted by atomic mass is 35.5. The van der Waals surface area contributed by atoms with Crippen molar-refractivity contribution in [1.29, 1.82) is 0 Å². The highest BCUT2D eigenvalue weighted by Gasteiger charge is 2.44. The largest absolute Gasteiger partial charge is 0.305 e. The summed E-state index contributed by atoms with van der Waals surface area (Å²) in [5.41, 5.74) is 2.77. The van der Waals surface area contributed by atoms with E-state index in [2.05, 4.69) is 23.7 Å². The highest BCUT2D eigenvalue weighted by Crippen LogP contribution is 2.38. The van der Waals surface area contributed by atoms with E-state index in [4.69, 9.17) is 21.6 Å². The number of benzene rings is 1. The summed E-state index contributed by atoms with van der Waals surface area (Å²) in [5, 5.41) is 0.322. The molecule has 176 valence electrons. The predicted octanol–water partition coefficient (Wildman–Crippen LogP) is 4.77. The van der Waals surface area contributed by atoms with Gasteiger partial charge in [-0.2, -0.15) is 0 Å². The van der Waals surface area contributed by atoms with Crippen molar-refractivity contribution >= 4 is 29.3 Å². The molecule has 1 atom stereocenters. The van der Waals surface area contributed by atoms with E-state index >= 15 is 0 Å². The molecule has 9 heteroatoms. The summed E-state index contributed by atoms with van der Waals surface area (Å²) in [5.74, 6) is 1.69. The molecule has 0 spiro atoms. The van der Waals surface area contributed by atoms with Gasteiger partial charge in [-0.05, 0) is 49.6 Å². The normalized spacial score (nSPS) is 17.3. The molecule has 0 N–H and O–H groups in total. The fraction of sp³-hybridized carbons (Fsp3) is 0.360. The molecule has 1 aromatic carbocycles. The third-order valence-electron chi connectivity index (χ3n) is 6.38. The second-order valence-electron chi connectivity index (χ2n) is 9.02. The smallest absolute Gasteiger partial charge is 0.283 e. The number of anilines is 1. The fourth-order valence-electron chi connectivity index (χ4n) is 4.44. The van der Waals surface area contributed by atoms with Crippen molar-refractivity contribution in [3.8, 4) is 11.4 Å². The number of aliphatic imine (C=N–C) groups is 1. The molecule has 0 fully saturated rings. The van der Waals surface area contributed by atoms with Crippen LogP contribution in [-0.2, 0) is 6.54 Å². The number of hydrogen-bond acceptors (Lipinski definition) is 5. The Hall–Kier alpha value is -3.26. The molecule has 2 aromatic heterocycles. The van der Waals surface area contributed by atoms with Gasteiger partial charge in [-0.1, -0.05) is 31.5 Å². The summed E-state index contributed by atoms with van der Waals surface area (Å²) in [6.45, 7) is 9.58. The molecule has 5 rings (SSSR count). The lowest BCUT2D eigenvalue weighted by atomic mass is 10.1. The average molecular weight is 481 g/mol. The number of imidazole rings is 1. The van der Waals surface area contributed by atoms with Crippen LogP contribution in [0.2, 0.25) is 5.02 Å². The summed E-state index contributed by atoms with van der Waals surface area (Å²) in [6.07, 6.45) is 1.75. The van der Waals surface area contributed by atoms with E-state index in [-0.39, 0.29) is 11.9 Å². The van der Waals surface area contributed by atoms with Gasteiger partial charge in [0.1, 0.15) is 17.5 Å². The Balaban J connectivity index is 1.72. The number of nitrogens with zero attached hydrogens (tertiary/aromatic N) is 6. The molecule has 7 nitrogen and oxygen atoms in total. The number of pyridine rings is 1. The summed E-state index contributed by atoms with van der Waals surface area (Å²) < 4.78 is 15.7. The Morgan fingerprint density at radius 3 is 2.68 bits per heavy atom. The highest BCUT2D eigenvalue weighted by molar-refractivity contribution is 6.31. The minimum absolute atomic E-state index is 0.0602. The molecule has 34 heavy (non-hydrogen) atoms. The molecule has 2 aliphatic rings. The van der Waals surface area contributed by atoms with Crippen LogP contribution in [0.4, 0.5) is 10.2 Å². The quantitative estimate of drug-likeness (QED) is 0.527. The number of guanidine groups is 1. The number of carbonyl (C=O) groups is 1. The van der Waals surface area contributed by atoms with Crippen LogP contribution in [0.15, 0.2) is 41.5 Å². The minimum atomic E-state index is -0.396. The lowest BCUT2D eigenvalue weighted by Gasteiger charge is -2.34. The maximum absolute atomic E-state index is 13.7. The topological polar surface area (TPSA) is 66.6 Å². The molecular weight excluding hydrogens is 455 g/mol. The van der Waals surface area contributed by atoms with E-state index in [0.29, 0.717) is 53.9 Å². The van der Waals surface area contributed by atoms with Gasteiger partial charge in [0.15, 0.2) is 5.69 Å². The van der Waals surface area contributed by atoms with Gasteiger partial charge in [0.25, 0.3) is 5.91 Å². The van der Waals surface area contributed by atoms with E-state index in [0.717, 1.165) is 16.8 Å². The van der Waals surface area contributed by atoms with Crippen molar-refractivity contribution in [2.45, 2.75) is 40.3 Å². The SMILES string of the molecule is CCN1C(=O)c2nc(-c3ccc(C)nc3)n(Cc3ccc(F)cc3Cl)c2N2C[C@@H](C(C)C)N=C12. The van der Waals surface area contributed by atoms with Gasteiger partial charge in [-0.25, -0.2) is 14.4 Å². The number of rotatable bonds is 5. The number of aryl methyl sites for hydroxylation is 1. The molecule has 0 saturated carbocycles. The third-order valence-corrected chi connectivity index (χ3v) is 6.73. The van der Waals surface area contributed by atoms with Crippen LogP contribution < -0.4 is 4.90 Å². The molecule has 0 bridgehead atoms. The molecule has 3 aromatic rings. The van der Waals surface area contributed by atoms with Crippen LogP contribution in [0.5, 0.6) is 0 Å². The number of fused-ring (bicyclic) bond motifs is 3. The lowest BCUT2D eigenvalue weighted by molar-refractivity contribution is 0.0841. The monoisotopic (exact) mass is 480 g/mol. The van der Waals surface area contributed by atoms with E-state index < -0.39 is 5.82 Å². The molecule has 0 radical (unpaired) electrons. The van der Waals surface area contributed by atoms with Crippen LogP contribution in [0, 0.1) is 18.7 Å². The number of halogens is 2. The maximum Gasteiger partial charge on any atom is 0.283 e. The van der Waals surface area contributed by atoms with Crippen LogP contribution in [0.1, 0.15) is 42.5 Å². The first-order valence-corrected chi connectivity index (χ1v) is 11.8. The Kier molecular flexibility index (Phi) is 5.64. The van der Waals surface area contributed by atoms with Gasteiger partial charge in [-0.3, -0.25) is 19.6 Å². The van der Waals surface area contributed by atoms with E-state index in [1.54, 1.807) is 17.2 Å². The van der Waals surface area contributed by atoms with E-state index in [1.165, 1.54) is 12.1 Å². The summed E-state index contributed by atoms with van der Waals surface area (Å²) in [6, 6.07) is 8.27. The predicted molar refractivity (Wildman–Crippen MR) is 131 cm³/mol. The first-order valence-electron chi connectivity index (χ1n) is 11.4. The van der Waals surface area contributed by atoms with Crippen LogP contribution in [-0.4, -0.2) is 50.4 Å². The molecule has 1 amide bonds. The van der Waals surface area contributed by atoms with Crippen molar-refractivity contribution in [3.63, 3.8) is 0 Å². The number of hydrogen-bond donors (Lipinski definition) is 0. The molecular formula is C25H26ClFN6O. The van der Waals surface area contributed by atoms with Crippen LogP contribution in [0.25, 0.3) is 11.4 Å². The van der Waals surface area contributed by atoms with Gasteiger partial charge in [0, 0.05) is 29.0 Å². The summed E-state index contributed by atoms with van der Waals surface area (Å²) in [4.78, 5) is 31.5. The minimum Gasteiger partial charge on any atom is -0.305 e. The van der Waals surface area contributed by atoms with Gasteiger partial charge in [0.05, 0.1) is 19.1 Å². The van der Waals surface area contributed by atoms with Crippen molar-refractivity contribution in [2.75, 3.05) is 18.0 Å². The van der Waals surface area contributed by atoms with Gasteiger partial charge in [0.2, 0.25) is 5.96 Å². The zero-order chi connectivity index (χ0) is 24.1. The zero-order valence-corrected chi connectivity index (χ0v) is 20.3. The second-order valence-corrected chi connectivity index (χ2v) is 9.43. The number of carbonyl (C=O) groups excluding carboxylic acids is 1. The van der Waals surface area contributed by atoms with E-state index in [1.807, 2.05) is 30.5 Å². The maximum atomic E-state index is 13.7. The first kappa shape index (κ1) is 22.5. The first-order chi connectivity index (χ1) is 16.3. The molecule has 0 aliphatic carbocycles. The molecule has 4 heterocycles. The van der Waals surface area contributed by atoms with Gasteiger partial charge < -0.3 is 4.57 Å². The fourth-order valence-corrected chi connectivity index (χ4v) is 4.67. The Labute approximate surface area is 202 Å². The molecule has 0 unspecified atom stereocenters. The van der Waals surface area contributed by atoms with Crippen LogP contribution in [0.3, 0.4) is 0 Å². The molecule has 0 saturated heterocycles. The van der Waals surface area contributed by atoms with Crippen LogP contribution >= 0.6 is 11.6 Å². The number of amides is 1. The van der Waals surface area contributed by atoms with E-state index in [9.17, 15) is 9.18 Å².